The number of rotatable bonds is 7. The van der Waals surface area contributed by atoms with Crippen LogP contribution >= 0.6 is 0 Å². The van der Waals surface area contributed by atoms with Crippen LogP contribution in [-0.4, -0.2) is 24.2 Å². The highest BCUT2D eigenvalue weighted by Crippen LogP contribution is 2.28. The summed E-state index contributed by atoms with van der Waals surface area (Å²) in [4.78, 5) is 12.5. The van der Waals surface area contributed by atoms with Crippen molar-refractivity contribution in [1.82, 2.24) is 9.88 Å². The Bertz CT molecular complexity index is 873. The van der Waals surface area contributed by atoms with Crippen molar-refractivity contribution < 1.29 is 14.3 Å². The van der Waals surface area contributed by atoms with Crippen LogP contribution < -0.4 is 14.8 Å². The van der Waals surface area contributed by atoms with Crippen LogP contribution in [0.4, 0.5) is 0 Å². The molecule has 1 amide bonds. The van der Waals surface area contributed by atoms with E-state index < -0.39 is 0 Å². The minimum Gasteiger partial charge on any atom is -0.493 e. The van der Waals surface area contributed by atoms with Crippen LogP contribution in [0.3, 0.4) is 0 Å². The van der Waals surface area contributed by atoms with Crippen LogP contribution in [0, 0.1) is 0 Å². The first kappa shape index (κ1) is 17.6. The van der Waals surface area contributed by atoms with Crippen molar-refractivity contribution in [3.05, 3.63) is 78.1 Å². The van der Waals surface area contributed by atoms with Crippen LogP contribution in [0.5, 0.6) is 11.5 Å². The predicted octanol–water partition coefficient (Wildman–Crippen LogP) is 3.81. The van der Waals surface area contributed by atoms with Gasteiger partial charge in [-0.2, -0.15) is 0 Å². The molecule has 1 N–H and O–H groups in total. The van der Waals surface area contributed by atoms with Gasteiger partial charge in [-0.25, -0.2) is 0 Å². The fourth-order valence-corrected chi connectivity index (χ4v) is 2.70. The van der Waals surface area contributed by atoms with E-state index in [1.165, 1.54) is 0 Å². The van der Waals surface area contributed by atoms with Crippen LogP contribution in [0.15, 0.2) is 67.0 Å². The third kappa shape index (κ3) is 4.06. The van der Waals surface area contributed by atoms with E-state index in [1.54, 1.807) is 13.2 Å². The van der Waals surface area contributed by atoms with Gasteiger partial charge in [-0.05, 0) is 55.0 Å². The van der Waals surface area contributed by atoms with Gasteiger partial charge >= 0.3 is 0 Å². The van der Waals surface area contributed by atoms with Crippen molar-refractivity contribution in [2.45, 2.75) is 13.5 Å². The van der Waals surface area contributed by atoms with Crippen molar-refractivity contribution in [3.8, 4) is 17.2 Å². The number of aromatic nitrogens is 1. The number of benzene rings is 2. The summed E-state index contributed by atoms with van der Waals surface area (Å²) in [6, 6.07) is 17.1. The number of nitrogens with zero attached hydrogens (tertiary/aromatic N) is 1. The highest BCUT2D eigenvalue weighted by Gasteiger charge is 2.09. The van der Waals surface area contributed by atoms with E-state index in [-0.39, 0.29) is 5.91 Å². The molecule has 1 aromatic heterocycles. The standard InChI is InChI=1S/C21H22N2O3/c1-3-26-19-10-9-16(13-20(19)25-2)15-22-21(24)17-7-6-8-18(14-17)23-11-4-5-12-23/h4-14H,3,15H2,1-2H3,(H,22,24). The maximum atomic E-state index is 12.5. The molecule has 0 aliphatic rings. The normalized spacial score (nSPS) is 10.4. The fourth-order valence-electron chi connectivity index (χ4n) is 2.70. The number of hydrogen-bond acceptors (Lipinski definition) is 3. The van der Waals surface area contributed by atoms with Crippen molar-refractivity contribution in [2.24, 2.45) is 0 Å². The first-order valence-electron chi connectivity index (χ1n) is 8.52. The molecule has 0 fully saturated rings. The lowest BCUT2D eigenvalue weighted by molar-refractivity contribution is 0.0951. The Hall–Kier alpha value is -3.21. The number of nitrogens with one attached hydrogen (secondary N) is 1. The fraction of sp³-hybridized carbons (Fsp3) is 0.190. The smallest absolute Gasteiger partial charge is 0.251 e. The molecule has 0 radical (unpaired) electrons. The molecule has 3 aromatic rings. The second-order valence-corrected chi connectivity index (χ2v) is 5.74. The zero-order valence-corrected chi connectivity index (χ0v) is 14.9. The van der Waals surface area contributed by atoms with E-state index in [4.69, 9.17) is 9.47 Å². The Labute approximate surface area is 153 Å². The van der Waals surface area contributed by atoms with Gasteiger partial charge in [0.05, 0.1) is 13.7 Å². The average molecular weight is 350 g/mol. The van der Waals surface area contributed by atoms with E-state index in [0.29, 0.717) is 30.2 Å². The van der Waals surface area contributed by atoms with Gasteiger partial charge in [-0.15, -0.1) is 0 Å². The Balaban J connectivity index is 1.68. The largest absolute Gasteiger partial charge is 0.493 e. The number of methoxy groups -OCH3 is 1. The summed E-state index contributed by atoms with van der Waals surface area (Å²) in [5, 5.41) is 2.95. The second-order valence-electron chi connectivity index (χ2n) is 5.74. The molecule has 0 atom stereocenters. The van der Waals surface area contributed by atoms with Crippen LogP contribution in [-0.2, 0) is 6.54 Å². The predicted molar refractivity (Wildman–Crippen MR) is 101 cm³/mol. The van der Waals surface area contributed by atoms with E-state index in [2.05, 4.69) is 5.32 Å². The summed E-state index contributed by atoms with van der Waals surface area (Å²) < 4.78 is 12.8. The van der Waals surface area contributed by atoms with Crippen molar-refractivity contribution >= 4 is 5.91 Å². The highest BCUT2D eigenvalue weighted by molar-refractivity contribution is 5.94. The monoisotopic (exact) mass is 350 g/mol. The van der Waals surface area contributed by atoms with E-state index in [1.807, 2.05) is 72.4 Å². The van der Waals surface area contributed by atoms with Gasteiger partial charge in [0.1, 0.15) is 0 Å². The molecule has 5 heteroatoms. The zero-order chi connectivity index (χ0) is 18.4. The Morgan fingerprint density at radius 1 is 1.04 bits per heavy atom. The quantitative estimate of drug-likeness (QED) is 0.705. The number of carbonyl (C=O) groups excluding carboxylic acids is 1. The highest BCUT2D eigenvalue weighted by atomic mass is 16.5. The van der Waals surface area contributed by atoms with Gasteiger partial charge in [-0.3, -0.25) is 4.79 Å². The van der Waals surface area contributed by atoms with Crippen LogP contribution in [0.2, 0.25) is 0 Å². The Morgan fingerprint density at radius 3 is 2.58 bits per heavy atom. The summed E-state index contributed by atoms with van der Waals surface area (Å²) in [5.41, 5.74) is 2.51. The molecule has 3 rings (SSSR count). The summed E-state index contributed by atoms with van der Waals surface area (Å²) in [6.07, 6.45) is 3.90. The molecule has 0 aliphatic carbocycles. The first-order chi connectivity index (χ1) is 12.7. The van der Waals surface area contributed by atoms with Gasteiger partial charge in [0.25, 0.3) is 5.91 Å². The number of ether oxygens (including phenoxy) is 2. The molecular formula is C21H22N2O3. The van der Waals surface area contributed by atoms with Crippen LogP contribution in [0.1, 0.15) is 22.8 Å². The maximum absolute atomic E-state index is 12.5. The van der Waals surface area contributed by atoms with Gasteiger partial charge in [0.2, 0.25) is 0 Å². The molecule has 0 saturated carbocycles. The Morgan fingerprint density at radius 2 is 1.85 bits per heavy atom. The van der Waals surface area contributed by atoms with Crippen molar-refractivity contribution in [3.63, 3.8) is 0 Å². The van der Waals surface area contributed by atoms with Gasteiger partial charge < -0.3 is 19.4 Å². The first-order valence-corrected chi connectivity index (χ1v) is 8.52. The SMILES string of the molecule is CCOc1ccc(CNC(=O)c2cccc(-n3cccc3)c2)cc1OC. The lowest BCUT2D eigenvalue weighted by Crippen LogP contribution is -2.22. The van der Waals surface area contributed by atoms with Gasteiger partial charge in [-0.1, -0.05) is 12.1 Å². The van der Waals surface area contributed by atoms with Crippen LogP contribution in [0.25, 0.3) is 5.69 Å². The number of hydrogen-bond donors (Lipinski definition) is 1. The second kappa shape index (κ2) is 8.25. The van der Waals surface area contributed by atoms with E-state index in [0.717, 1.165) is 11.3 Å². The van der Waals surface area contributed by atoms with Crippen molar-refractivity contribution in [2.75, 3.05) is 13.7 Å². The summed E-state index contributed by atoms with van der Waals surface area (Å²) in [5.74, 6) is 1.24. The average Bonchev–Trinajstić information content (AvgIpc) is 3.22. The topological polar surface area (TPSA) is 52.5 Å². The van der Waals surface area contributed by atoms with E-state index >= 15 is 0 Å². The third-order valence-corrected chi connectivity index (χ3v) is 3.99. The molecule has 134 valence electrons. The summed E-state index contributed by atoms with van der Waals surface area (Å²) in [6.45, 7) is 2.91. The van der Waals surface area contributed by atoms with Gasteiger partial charge in [0, 0.05) is 30.2 Å². The molecule has 0 bridgehead atoms. The minimum absolute atomic E-state index is 0.119. The molecule has 5 nitrogen and oxygen atoms in total. The maximum Gasteiger partial charge on any atom is 0.251 e. The molecule has 1 heterocycles. The van der Waals surface area contributed by atoms with Gasteiger partial charge in [0.15, 0.2) is 11.5 Å². The molecule has 0 aliphatic heterocycles. The van der Waals surface area contributed by atoms with Crippen molar-refractivity contribution in [1.29, 1.82) is 0 Å². The zero-order valence-electron chi connectivity index (χ0n) is 14.9. The summed E-state index contributed by atoms with van der Waals surface area (Å²) >= 11 is 0. The Kier molecular flexibility index (Phi) is 5.59. The molecular weight excluding hydrogens is 328 g/mol. The summed E-state index contributed by atoms with van der Waals surface area (Å²) in [7, 11) is 1.60. The van der Waals surface area contributed by atoms with E-state index in [9.17, 15) is 4.79 Å². The molecule has 0 unspecified atom stereocenters. The molecule has 2 aromatic carbocycles. The minimum atomic E-state index is -0.119. The molecule has 0 saturated heterocycles. The lowest BCUT2D eigenvalue weighted by Gasteiger charge is -2.12. The molecule has 0 spiro atoms. The number of carbonyl (C=O) groups is 1. The molecule has 26 heavy (non-hydrogen) atoms. The number of amides is 1. The lowest BCUT2D eigenvalue weighted by atomic mass is 10.1. The third-order valence-electron chi connectivity index (χ3n) is 3.99.